The van der Waals surface area contributed by atoms with Crippen LogP contribution in [0.25, 0.3) is 0 Å². The number of benzene rings is 1. The van der Waals surface area contributed by atoms with E-state index in [4.69, 9.17) is 4.74 Å². The zero-order valence-corrected chi connectivity index (χ0v) is 12.6. The van der Waals surface area contributed by atoms with Crippen LogP contribution in [0.15, 0.2) is 42.7 Å². The Balaban J connectivity index is 2.00. The lowest BCUT2D eigenvalue weighted by molar-refractivity contribution is -0.605. The molecule has 0 aliphatic rings. The Bertz CT molecular complexity index is 790. The van der Waals surface area contributed by atoms with Gasteiger partial charge in [-0.05, 0) is 18.2 Å². The van der Waals surface area contributed by atoms with E-state index < -0.39 is 24.2 Å². The van der Waals surface area contributed by atoms with Crippen LogP contribution < -0.4 is 10.0 Å². The molecule has 124 valence electrons. The van der Waals surface area contributed by atoms with Gasteiger partial charge in [-0.25, -0.2) is 9.18 Å². The van der Waals surface area contributed by atoms with Crippen molar-refractivity contribution in [3.8, 4) is 0 Å². The van der Waals surface area contributed by atoms with Crippen LogP contribution in [0.4, 0.5) is 10.1 Å². The first kappa shape index (κ1) is 17.1. The molecule has 0 aliphatic carbocycles. The Morgan fingerprint density at radius 1 is 1.21 bits per heavy atom. The van der Waals surface area contributed by atoms with Crippen LogP contribution >= 0.6 is 0 Å². The fourth-order valence-corrected chi connectivity index (χ4v) is 1.86. The third-order valence-electron chi connectivity index (χ3n) is 2.96. The molecule has 1 amide bonds. The second kappa shape index (κ2) is 7.32. The highest BCUT2D eigenvalue weighted by Crippen LogP contribution is 2.15. The van der Waals surface area contributed by atoms with Crippen molar-refractivity contribution in [2.45, 2.75) is 6.92 Å². The lowest BCUT2D eigenvalue weighted by Crippen LogP contribution is -2.24. The number of amides is 1. The maximum absolute atomic E-state index is 13.9. The molecule has 0 saturated carbocycles. The molecule has 0 unspecified atom stereocenters. The number of ketones is 1. The van der Waals surface area contributed by atoms with Crippen LogP contribution in [0.1, 0.15) is 27.6 Å². The lowest BCUT2D eigenvalue weighted by Gasteiger charge is -2.07. The number of rotatable bonds is 5. The first-order valence-corrected chi connectivity index (χ1v) is 6.83. The van der Waals surface area contributed by atoms with Gasteiger partial charge in [0, 0.05) is 24.7 Å². The monoisotopic (exact) mass is 332 g/mol. The molecule has 0 fully saturated rings. The quantitative estimate of drug-likeness (QED) is 0.387. The number of nitrogens with zero attached hydrogens (tertiary/aromatic N) is 1. The number of nitrogens with one attached hydrogen (secondary N) is 1. The second-order valence-corrected chi connectivity index (χ2v) is 4.82. The molecule has 0 aliphatic heterocycles. The summed E-state index contributed by atoms with van der Waals surface area (Å²) in [5.41, 5.74) is 0.0440. The smallest absolute Gasteiger partial charge is 0.339 e. The first-order valence-electron chi connectivity index (χ1n) is 6.83. The van der Waals surface area contributed by atoms with Gasteiger partial charge in [0.1, 0.15) is 5.82 Å². The van der Waals surface area contributed by atoms with E-state index in [-0.39, 0.29) is 22.7 Å². The van der Waals surface area contributed by atoms with Gasteiger partial charge in [-0.2, -0.15) is 4.73 Å². The van der Waals surface area contributed by atoms with Crippen molar-refractivity contribution in [2.24, 2.45) is 0 Å². The number of pyridine rings is 1. The molecule has 7 nitrogen and oxygen atoms in total. The molecule has 0 saturated heterocycles. The molecule has 0 atom stereocenters. The predicted octanol–water partition coefficient (Wildman–Crippen LogP) is 1.46. The highest BCUT2D eigenvalue weighted by atomic mass is 19.1. The highest BCUT2D eigenvalue weighted by molar-refractivity contribution is 6.00. The molecule has 1 heterocycles. The minimum atomic E-state index is -0.839. The van der Waals surface area contributed by atoms with Crippen molar-refractivity contribution >= 4 is 23.3 Å². The highest BCUT2D eigenvalue weighted by Gasteiger charge is 2.16. The molecular formula is C16H13FN2O5. The van der Waals surface area contributed by atoms with E-state index >= 15 is 0 Å². The van der Waals surface area contributed by atoms with Gasteiger partial charge in [0.15, 0.2) is 19.0 Å². The Kier molecular flexibility index (Phi) is 5.20. The van der Waals surface area contributed by atoms with Crippen molar-refractivity contribution in [3.63, 3.8) is 0 Å². The van der Waals surface area contributed by atoms with Crippen LogP contribution in [0.3, 0.4) is 0 Å². The molecule has 8 heteroatoms. The van der Waals surface area contributed by atoms with Gasteiger partial charge in [0.2, 0.25) is 11.7 Å². The topological polar surface area (TPSA) is 99.4 Å². The van der Waals surface area contributed by atoms with Crippen LogP contribution in [0.5, 0.6) is 0 Å². The summed E-state index contributed by atoms with van der Waals surface area (Å²) in [5.74, 6) is -2.75. The number of carbonyl (C=O) groups is 3. The zero-order chi connectivity index (χ0) is 17.7. The van der Waals surface area contributed by atoms with Gasteiger partial charge in [-0.3, -0.25) is 9.59 Å². The molecule has 2 rings (SSSR count). The van der Waals surface area contributed by atoms with Crippen LogP contribution in [0, 0.1) is 11.0 Å². The third-order valence-corrected chi connectivity index (χ3v) is 2.96. The summed E-state index contributed by atoms with van der Waals surface area (Å²) in [6.07, 6.45) is 2.22. The number of carbonyl (C=O) groups excluding carboxylic acids is 3. The Morgan fingerprint density at radius 2 is 1.88 bits per heavy atom. The molecular weight excluding hydrogens is 319 g/mol. The van der Waals surface area contributed by atoms with E-state index in [1.165, 1.54) is 31.2 Å². The molecule has 1 aromatic carbocycles. The fourth-order valence-electron chi connectivity index (χ4n) is 1.86. The van der Waals surface area contributed by atoms with E-state index in [9.17, 15) is 24.0 Å². The second-order valence-electron chi connectivity index (χ2n) is 4.82. The summed E-state index contributed by atoms with van der Waals surface area (Å²) in [4.78, 5) is 34.6. The Hall–Kier alpha value is -3.29. The Labute approximate surface area is 136 Å². The predicted molar refractivity (Wildman–Crippen MR) is 80.7 cm³/mol. The summed E-state index contributed by atoms with van der Waals surface area (Å²) in [6.45, 7) is 0.621. The van der Waals surface area contributed by atoms with Crippen LogP contribution in [-0.4, -0.2) is 24.3 Å². The summed E-state index contributed by atoms with van der Waals surface area (Å²) < 4.78 is 19.2. The van der Waals surface area contributed by atoms with E-state index in [1.54, 1.807) is 0 Å². The lowest BCUT2D eigenvalue weighted by atomic mass is 10.1. The number of anilines is 1. The summed E-state index contributed by atoms with van der Waals surface area (Å²) in [5, 5.41) is 13.3. The normalized spacial score (nSPS) is 10.1. The van der Waals surface area contributed by atoms with E-state index in [0.29, 0.717) is 4.73 Å². The van der Waals surface area contributed by atoms with Gasteiger partial charge in [0.25, 0.3) is 0 Å². The molecule has 0 radical (unpaired) electrons. The molecule has 0 bridgehead atoms. The minimum absolute atomic E-state index is 0.0939. The van der Waals surface area contributed by atoms with Gasteiger partial charge in [-0.15, -0.1) is 0 Å². The SMILES string of the molecule is CC(=O)Nc1ccc(C(=O)COC(=O)c2cc[n+]([O-])cc2)c(F)c1. The molecule has 1 N–H and O–H groups in total. The van der Waals surface area contributed by atoms with Crippen molar-refractivity contribution in [1.29, 1.82) is 0 Å². The summed E-state index contributed by atoms with van der Waals surface area (Å²) in [7, 11) is 0. The van der Waals surface area contributed by atoms with Crippen molar-refractivity contribution in [3.05, 3.63) is 64.9 Å². The van der Waals surface area contributed by atoms with E-state index in [1.807, 2.05) is 0 Å². The average molecular weight is 332 g/mol. The number of aromatic nitrogens is 1. The van der Waals surface area contributed by atoms with Crippen LogP contribution in [-0.2, 0) is 9.53 Å². The van der Waals surface area contributed by atoms with E-state index in [0.717, 1.165) is 18.5 Å². The van der Waals surface area contributed by atoms with Crippen molar-refractivity contribution in [1.82, 2.24) is 0 Å². The molecule has 2 aromatic rings. The first-order chi connectivity index (χ1) is 11.4. The standard InChI is InChI=1S/C16H13FN2O5/c1-10(20)18-12-2-3-13(14(17)8-12)15(21)9-24-16(22)11-4-6-19(23)7-5-11/h2-8H,9H2,1H3,(H,18,20). The number of ether oxygens (including phenoxy) is 1. The maximum atomic E-state index is 13.9. The summed E-state index contributed by atoms with van der Waals surface area (Å²) in [6, 6.07) is 6.04. The summed E-state index contributed by atoms with van der Waals surface area (Å²) >= 11 is 0. The number of hydrogen-bond acceptors (Lipinski definition) is 5. The van der Waals surface area contributed by atoms with Crippen molar-refractivity contribution in [2.75, 3.05) is 11.9 Å². The number of esters is 1. The molecule has 1 aromatic heterocycles. The fraction of sp³-hybridized carbons (Fsp3) is 0.125. The van der Waals surface area contributed by atoms with Crippen LogP contribution in [0.2, 0.25) is 0 Å². The largest absolute Gasteiger partial charge is 0.619 e. The van der Waals surface area contributed by atoms with Gasteiger partial charge < -0.3 is 15.3 Å². The van der Waals surface area contributed by atoms with Gasteiger partial charge >= 0.3 is 5.97 Å². The molecule has 24 heavy (non-hydrogen) atoms. The van der Waals surface area contributed by atoms with Gasteiger partial charge in [-0.1, -0.05) is 0 Å². The maximum Gasteiger partial charge on any atom is 0.339 e. The number of hydrogen-bond donors (Lipinski definition) is 1. The average Bonchev–Trinajstić information content (AvgIpc) is 2.52. The Morgan fingerprint density at radius 3 is 2.46 bits per heavy atom. The molecule has 0 spiro atoms. The minimum Gasteiger partial charge on any atom is -0.619 e. The number of Topliss-reactive ketones (excluding diaryl/α,β-unsaturated/α-hetero) is 1. The zero-order valence-electron chi connectivity index (χ0n) is 12.6. The van der Waals surface area contributed by atoms with E-state index in [2.05, 4.69) is 5.32 Å². The number of halogens is 1. The van der Waals surface area contributed by atoms with Gasteiger partial charge in [0.05, 0.1) is 11.1 Å². The van der Waals surface area contributed by atoms with Crippen molar-refractivity contribution < 1.29 is 28.2 Å². The third kappa shape index (κ3) is 4.35.